The van der Waals surface area contributed by atoms with Gasteiger partial charge in [-0.2, -0.15) is 0 Å². The van der Waals surface area contributed by atoms with Crippen LogP contribution in [0.15, 0.2) is 24.3 Å². The van der Waals surface area contributed by atoms with Crippen molar-refractivity contribution in [2.75, 3.05) is 20.1 Å². The van der Waals surface area contributed by atoms with Gasteiger partial charge in [0, 0.05) is 6.54 Å². The van der Waals surface area contributed by atoms with Gasteiger partial charge < -0.3 is 10.6 Å². The van der Waals surface area contributed by atoms with Crippen LogP contribution in [0.2, 0.25) is 0 Å². The van der Waals surface area contributed by atoms with Crippen LogP contribution >= 0.6 is 0 Å². The Morgan fingerprint density at radius 1 is 1.12 bits per heavy atom. The van der Waals surface area contributed by atoms with E-state index in [0.717, 1.165) is 5.92 Å². The number of benzene rings is 1. The number of rotatable bonds is 3. The molecule has 16 heavy (non-hydrogen) atoms. The molecule has 0 saturated carbocycles. The number of nitrogens with two attached hydrogens (primary N) is 1. The van der Waals surface area contributed by atoms with Crippen molar-refractivity contribution in [1.82, 2.24) is 4.90 Å². The quantitative estimate of drug-likeness (QED) is 0.841. The Hall–Kier alpha value is -0.860. The molecule has 2 nitrogen and oxygen atoms in total. The van der Waals surface area contributed by atoms with Crippen molar-refractivity contribution in [1.29, 1.82) is 0 Å². The smallest absolute Gasteiger partial charge is 0.0178 e. The molecule has 88 valence electrons. The van der Waals surface area contributed by atoms with E-state index >= 15 is 0 Å². The molecule has 1 aromatic rings. The molecule has 2 N–H and O–H groups in total. The van der Waals surface area contributed by atoms with Gasteiger partial charge in [-0.05, 0) is 56.4 Å². The lowest BCUT2D eigenvalue weighted by molar-refractivity contribution is 0.219. The van der Waals surface area contributed by atoms with Crippen LogP contribution in [0, 0.1) is 5.92 Å². The van der Waals surface area contributed by atoms with E-state index in [-0.39, 0.29) is 0 Å². The SMILES string of the molecule is CN1CCC(Cc2ccc(CN)cc2)CC1. The molecule has 0 bridgehead atoms. The van der Waals surface area contributed by atoms with Crippen LogP contribution in [-0.2, 0) is 13.0 Å². The average molecular weight is 218 g/mol. The second-order valence-corrected chi connectivity index (χ2v) is 4.97. The molecule has 0 radical (unpaired) electrons. The summed E-state index contributed by atoms with van der Waals surface area (Å²) in [6, 6.07) is 8.79. The van der Waals surface area contributed by atoms with E-state index in [2.05, 4.69) is 36.2 Å². The fourth-order valence-electron chi connectivity index (χ4n) is 2.41. The average Bonchev–Trinajstić information content (AvgIpc) is 2.33. The molecule has 1 aliphatic heterocycles. The van der Waals surface area contributed by atoms with Gasteiger partial charge in [0.2, 0.25) is 0 Å². The fourth-order valence-corrected chi connectivity index (χ4v) is 2.41. The van der Waals surface area contributed by atoms with Gasteiger partial charge in [0.1, 0.15) is 0 Å². The van der Waals surface area contributed by atoms with Gasteiger partial charge in [-0.15, -0.1) is 0 Å². The van der Waals surface area contributed by atoms with E-state index in [1.54, 1.807) is 0 Å². The highest BCUT2D eigenvalue weighted by atomic mass is 15.1. The maximum Gasteiger partial charge on any atom is 0.0178 e. The zero-order valence-electron chi connectivity index (χ0n) is 10.2. The Morgan fingerprint density at radius 2 is 1.69 bits per heavy atom. The number of hydrogen-bond acceptors (Lipinski definition) is 2. The standard InChI is InChI=1S/C14H22N2/c1-16-8-6-13(7-9-16)10-12-2-4-14(11-15)5-3-12/h2-5,13H,6-11,15H2,1H3. The number of nitrogens with zero attached hydrogens (tertiary/aromatic N) is 1. The molecule has 0 amide bonds. The lowest BCUT2D eigenvalue weighted by Gasteiger charge is -2.28. The van der Waals surface area contributed by atoms with Crippen LogP contribution in [0.3, 0.4) is 0 Å². The van der Waals surface area contributed by atoms with Crippen molar-refractivity contribution in [3.05, 3.63) is 35.4 Å². The molecule has 0 unspecified atom stereocenters. The minimum atomic E-state index is 0.647. The van der Waals surface area contributed by atoms with Crippen molar-refractivity contribution in [2.45, 2.75) is 25.8 Å². The van der Waals surface area contributed by atoms with Crippen molar-refractivity contribution in [3.63, 3.8) is 0 Å². The van der Waals surface area contributed by atoms with E-state index in [4.69, 9.17) is 5.73 Å². The predicted octanol–water partition coefficient (Wildman–Crippen LogP) is 2.03. The Kier molecular flexibility index (Phi) is 3.97. The minimum Gasteiger partial charge on any atom is -0.326 e. The molecule has 1 heterocycles. The number of likely N-dealkylation sites (tertiary alicyclic amines) is 1. The molecule has 1 aromatic carbocycles. The van der Waals surface area contributed by atoms with Crippen LogP contribution in [0.5, 0.6) is 0 Å². The van der Waals surface area contributed by atoms with Crippen LogP contribution in [0.25, 0.3) is 0 Å². The molecule has 1 fully saturated rings. The highest BCUT2D eigenvalue weighted by Crippen LogP contribution is 2.20. The Balaban J connectivity index is 1.88. The molecule has 2 rings (SSSR count). The molecule has 1 saturated heterocycles. The lowest BCUT2D eigenvalue weighted by atomic mass is 9.90. The van der Waals surface area contributed by atoms with E-state index in [1.807, 2.05) is 0 Å². The first-order chi connectivity index (χ1) is 7.78. The third kappa shape index (κ3) is 3.06. The molecule has 0 aromatic heterocycles. The summed E-state index contributed by atoms with van der Waals surface area (Å²) in [5.74, 6) is 0.875. The lowest BCUT2D eigenvalue weighted by Crippen LogP contribution is -2.30. The number of hydrogen-bond donors (Lipinski definition) is 1. The molecular formula is C14H22N2. The second kappa shape index (κ2) is 5.46. The summed E-state index contributed by atoms with van der Waals surface area (Å²) in [6.45, 7) is 3.16. The normalized spacial score (nSPS) is 18.9. The van der Waals surface area contributed by atoms with Gasteiger partial charge in [0.15, 0.2) is 0 Å². The van der Waals surface area contributed by atoms with Crippen molar-refractivity contribution in [3.8, 4) is 0 Å². The molecule has 0 atom stereocenters. The molecule has 1 aliphatic rings. The van der Waals surface area contributed by atoms with Gasteiger partial charge >= 0.3 is 0 Å². The monoisotopic (exact) mass is 218 g/mol. The first-order valence-electron chi connectivity index (χ1n) is 6.24. The summed E-state index contributed by atoms with van der Waals surface area (Å²) in [6.07, 6.45) is 3.92. The van der Waals surface area contributed by atoms with Gasteiger partial charge in [-0.1, -0.05) is 24.3 Å². The third-order valence-electron chi connectivity index (χ3n) is 3.62. The first-order valence-corrected chi connectivity index (χ1v) is 6.24. The third-order valence-corrected chi connectivity index (χ3v) is 3.62. The van der Waals surface area contributed by atoms with Gasteiger partial charge in [-0.25, -0.2) is 0 Å². The van der Waals surface area contributed by atoms with Gasteiger partial charge in [0.05, 0.1) is 0 Å². The van der Waals surface area contributed by atoms with Gasteiger partial charge in [0.25, 0.3) is 0 Å². The van der Waals surface area contributed by atoms with Crippen LogP contribution in [0.4, 0.5) is 0 Å². The summed E-state index contributed by atoms with van der Waals surface area (Å²) in [4.78, 5) is 2.42. The molecule has 0 spiro atoms. The summed E-state index contributed by atoms with van der Waals surface area (Å²) in [7, 11) is 2.21. The van der Waals surface area contributed by atoms with Crippen LogP contribution < -0.4 is 5.73 Å². The Bertz CT molecular complexity index is 310. The highest BCUT2D eigenvalue weighted by Gasteiger charge is 2.16. The summed E-state index contributed by atoms with van der Waals surface area (Å²) in [5.41, 5.74) is 8.29. The molecule has 0 aliphatic carbocycles. The number of piperidine rings is 1. The Morgan fingerprint density at radius 3 is 2.25 bits per heavy atom. The van der Waals surface area contributed by atoms with Crippen LogP contribution in [-0.4, -0.2) is 25.0 Å². The van der Waals surface area contributed by atoms with Crippen molar-refractivity contribution >= 4 is 0 Å². The summed E-state index contributed by atoms with van der Waals surface area (Å²) >= 11 is 0. The van der Waals surface area contributed by atoms with E-state index < -0.39 is 0 Å². The predicted molar refractivity (Wildman–Crippen MR) is 68.3 cm³/mol. The maximum absolute atomic E-state index is 5.59. The van der Waals surface area contributed by atoms with Crippen LogP contribution in [0.1, 0.15) is 24.0 Å². The zero-order valence-corrected chi connectivity index (χ0v) is 10.2. The second-order valence-electron chi connectivity index (χ2n) is 4.97. The van der Waals surface area contributed by atoms with Crippen molar-refractivity contribution in [2.24, 2.45) is 11.7 Å². The van der Waals surface area contributed by atoms with E-state index in [9.17, 15) is 0 Å². The zero-order chi connectivity index (χ0) is 11.4. The Labute approximate surface area is 98.4 Å². The molecule has 2 heteroatoms. The highest BCUT2D eigenvalue weighted by molar-refractivity contribution is 5.22. The van der Waals surface area contributed by atoms with E-state index in [1.165, 1.54) is 43.5 Å². The fraction of sp³-hybridized carbons (Fsp3) is 0.571. The van der Waals surface area contributed by atoms with E-state index in [0.29, 0.717) is 6.54 Å². The molecular weight excluding hydrogens is 196 g/mol. The maximum atomic E-state index is 5.59. The summed E-state index contributed by atoms with van der Waals surface area (Å²) in [5, 5.41) is 0. The first kappa shape index (κ1) is 11.6. The topological polar surface area (TPSA) is 29.3 Å². The van der Waals surface area contributed by atoms with Gasteiger partial charge in [-0.3, -0.25) is 0 Å². The minimum absolute atomic E-state index is 0.647. The summed E-state index contributed by atoms with van der Waals surface area (Å²) < 4.78 is 0. The van der Waals surface area contributed by atoms with Crippen molar-refractivity contribution < 1.29 is 0 Å². The largest absolute Gasteiger partial charge is 0.326 e.